The van der Waals surface area contributed by atoms with Crippen molar-refractivity contribution in [3.8, 4) is 5.88 Å². The van der Waals surface area contributed by atoms with Crippen molar-refractivity contribution in [2.75, 3.05) is 11.9 Å². The van der Waals surface area contributed by atoms with Gasteiger partial charge in [-0.2, -0.15) is 4.98 Å². The Morgan fingerprint density at radius 2 is 2.00 bits per heavy atom. The van der Waals surface area contributed by atoms with E-state index in [2.05, 4.69) is 26.2 Å². The lowest BCUT2D eigenvalue weighted by molar-refractivity contribution is 0.294. The highest BCUT2D eigenvalue weighted by atomic mass is 79.9. The maximum absolute atomic E-state index is 6.10. The van der Waals surface area contributed by atoms with Gasteiger partial charge in [-0.3, -0.25) is 0 Å². The average Bonchev–Trinajstić information content (AvgIpc) is 2.42. The number of halogens is 3. The number of hydrogen-bond donors (Lipinski definition) is 1. The van der Waals surface area contributed by atoms with Gasteiger partial charge in [-0.05, 0) is 19.1 Å². The third kappa shape index (κ3) is 3.78. The van der Waals surface area contributed by atoms with Crippen molar-refractivity contribution in [2.45, 2.75) is 13.5 Å². The average molecular weight is 376 g/mol. The molecule has 0 atom stereocenters. The lowest BCUT2D eigenvalue weighted by Crippen LogP contribution is -2.04. The van der Waals surface area contributed by atoms with Crippen molar-refractivity contribution in [3.63, 3.8) is 0 Å². The van der Waals surface area contributed by atoms with Crippen molar-refractivity contribution < 1.29 is 4.74 Å². The second-order valence-corrected chi connectivity index (χ2v) is 5.68. The summed E-state index contributed by atoms with van der Waals surface area (Å²) >= 11 is 15.6. The van der Waals surface area contributed by atoms with Gasteiger partial charge in [0, 0.05) is 16.6 Å². The van der Waals surface area contributed by atoms with Gasteiger partial charge in [0.25, 0.3) is 0 Å². The van der Waals surface area contributed by atoms with Crippen LogP contribution >= 0.6 is 39.1 Å². The van der Waals surface area contributed by atoms with Crippen LogP contribution < -0.4 is 10.1 Å². The van der Waals surface area contributed by atoms with Crippen LogP contribution in [-0.4, -0.2) is 11.5 Å². The number of benzene rings is 1. The molecule has 0 amide bonds. The number of ether oxygens (including phenoxy) is 1. The summed E-state index contributed by atoms with van der Waals surface area (Å²) in [7, 11) is 0. The summed E-state index contributed by atoms with van der Waals surface area (Å²) in [5.41, 5.74) is 1.02. The number of aromatic nitrogens is 1. The maximum atomic E-state index is 6.10. The maximum Gasteiger partial charge on any atom is 0.234 e. The molecule has 20 heavy (non-hydrogen) atoms. The molecule has 3 nitrogen and oxygen atoms in total. The highest BCUT2D eigenvalue weighted by molar-refractivity contribution is 9.10. The van der Waals surface area contributed by atoms with Crippen molar-refractivity contribution >= 4 is 44.9 Å². The van der Waals surface area contributed by atoms with Crippen LogP contribution in [-0.2, 0) is 6.61 Å². The molecule has 0 unspecified atom stereocenters. The molecule has 0 aliphatic rings. The highest BCUT2D eigenvalue weighted by Crippen LogP contribution is 2.31. The van der Waals surface area contributed by atoms with Gasteiger partial charge in [-0.1, -0.05) is 57.3 Å². The van der Waals surface area contributed by atoms with Crippen LogP contribution in [0.5, 0.6) is 5.88 Å². The minimum Gasteiger partial charge on any atom is -0.472 e. The molecule has 2 rings (SSSR count). The van der Waals surface area contributed by atoms with Gasteiger partial charge in [0.1, 0.15) is 17.4 Å². The molecule has 0 aliphatic carbocycles. The Balaban J connectivity index is 2.17. The zero-order chi connectivity index (χ0) is 14.5. The molecular weight excluding hydrogens is 363 g/mol. The molecule has 0 bridgehead atoms. The Bertz CT molecular complexity index is 608. The summed E-state index contributed by atoms with van der Waals surface area (Å²) in [6.45, 7) is 3.06. The second-order valence-electron chi connectivity index (χ2n) is 4.02. The van der Waals surface area contributed by atoms with Crippen LogP contribution in [0.25, 0.3) is 0 Å². The highest BCUT2D eigenvalue weighted by Gasteiger charge is 2.10. The Morgan fingerprint density at radius 1 is 1.25 bits per heavy atom. The Labute approximate surface area is 136 Å². The van der Waals surface area contributed by atoms with E-state index in [1.54, 1.807) is 6.07 Å². The van der Waals surface area contributed by atoms with Crippen LogP contribution in [0.2, 0.25) is 10.0 Å². The van der Waals surface area contributed by atoms with E-state index in [-0.39, 0.29) is 0 Å². The van der Waals surface area contributed by atoms with E-state index in [4.69, 9.17) is 27.9 Å². The van der Waals surface area contributed by atoms with Crippen LogP contribution in [0, 0.1) is 0 Å². The van der Waals surface area contributed by atoms with Gasteiger partial charge in [0.15, 0.2) is 0 Å². The fourth-order valence-corrected chi connectivity index (χ4v) is 2.48. The zero-order valence-electron chi connectivity index (χ0n) is 10.8. The van der Waals surface area contributed by atoms with Gasteiger partial charge in [-0.15, -0.1) is 0 Å². The summed E-state index contributed by atoms with van der Waals surface area (Å²) in [6.07, 6.45) is 0. The normalized spacial score (nSPS) is 10.4. The third-order valence-electron chi connectivity index (χ3n) is 2.56. The molecule has 0 saturated carbocycles. The minimum absolute atomic E-state index is 0.364. The molecule has 106 valence electrons. The summed E-state index contributed by atoms with van der Waals surface area (Å²) in [6, 6.07) is 9.46. The molecule has 0 fully saturated rings. The topological polar surface area (TPSA) is 34.2 Å². The van der Waals surface area contributed by atoms with E-state index in [1.165, 1.54) is 0 Å². The summed E-state index contributed by atoms with van der Waals surface area (Å²) in [5.74, 6) is 0.934. The summed E-state index contributed by atoms with van der Waals surface area (Å²) in [4.78, 5) is 4.29. The minimum atomic E-state index is 0.364. The first-order chi connectivity index (χ1) is 9.61. The van der Waals surface area contributed by atoms with E-state index in [1.807, 2.05) is 31.2 Å². The number of rotatable bonds is 5. The molecule has 6 heteroatoms. The molecule has 1 aromatic carbocycles. The largest absolute Gasteiger partial charge is 0.472 e. The van der Waals surface area contributed by atoms with Gasteiger partial charge in [0.2, 0.25) is 5.88 Å². The van der Waals surface area contributed by atoms with E-state index in [0.29, 0.717) is 28.3 Å². The lowest BCUT2D eigenvalue weighted by atomic mass is 10.2. The predicted molar refractivity (Wildman–Crippen MR) is 86.9 cm³/mol. The standard InChI is InChI=1S/C14H13BrCl2N2O/c1-2-18-13-11(16)7-12(17)14(19-13)20-8-9-5-3-4-6-10(9)15/h3-7H,2,8H2,1H3,(H,18,19). The number of anilines is 1. The first-order valence-electron chi connectivity index (χ1n) is 6.08. The van der Waals surface area contributed by atoms with Crippen LogP contribution in [0.4, 0.5) is 5.82 Å². The monoisotopic (exact) mass is 374 g/mol. The SMILES string of the molecule is CCNc1nc(OCc2ccccc2Br)c(Cl)cc1Cl. The number of nitrogens with zero attached hydrogens (tertiary/aromatic N) is 1. The van der Waals surface area contributed by atoms with Crippen LogP contribution in [0.1, 0.15) is 12.5 Å². The Kier molecular flexibility index (Phi) is 5.52. The first kappa shape index (κ1) is 15.4. The molecule has 1 aromatic heterocycles. The lowest BCUT2D eigenvalue weighted by Gasteiger charge is -2.11. The summed E-state index contributed by atoms with van der Waals surface area (Å²) < 4.78 is 6.66. The van der Waals surface area contributed by atoms with E-state index in [9.17, 15) is 0 Å². The van der Waals surface area contributed by atoms with Gasteiger partial charge in [0.05, 0.1) is 5.02 Å². The van der Waals surface area contributed by atoms with E-state index in [0.717, 1.165) is 16.6 Å². The van der Waals surface area contributed by atoms with Crippen molar-refractivity contribution in [2.24, 2.45) is 0 Å². The fraction of sp³-hybridized carbons (Fsp3) is 0.214. The van der Waals surface area contributed by atoms with E-state index >= 15 is 0 Å². The van der Waals surface area contributed by atoms with Crippen molar-refractivity contribution in [3.05, 3.63) is 50.4 Å². The number of pyridine rings is 1. The Hall–Kier alpha value is -0.970. The summed E-state index contributed by atoms with van der Waals surface area (Å²) in [5, 5.41) is 3.93. The van der Waals surface area contributed by atoms with Gasteiger partial charge >= 0.3 is 0 Å². The van der Waals surface area contributed by atoms with Crippen molar-refractivity contribution in [1.29, 1.82) is 0 Å². The first-order valence-corrected chi connectivity index (χ1v) is 7.62. The molecule has 1 N–H and O–H groups in total. The smallest absolute Gasteiger partial charge is 0.234 e. The third-order valence-corrected chi connectivity index (χ3v) is 3.90. The second kappa shape index (κ2) is 7.16. The molecule has 0 saturated heterocycles. The van der Waals surface area contributed by atoms with Crippen LogP contribution in [0.3, 0.4) is 0 Å². The molecule has 0 spiro atoms. The molecule has 0 radical (unpaired) electrons. The fourth-order valence-electron chi connectivity index (χ4n) is 1.60. The quantitative estimate of drug-likeness (QED) is 0.783. The number of hydrogen-bond acceptors (Lipinski definition) is 3. The predicted octanol–water partition coefficient (Wildman–Crippen LogP) is 5.16. The number of nitrogens with one attached hydrogen (secondary N) is 1. The molecule has 0 aliphatic heterocycles. The molecule has 2 aromatic rings. The Morgan fingerprint density at radius 3 is 2.70 bits per heavy atom. The molecule has 1 heterocycles. The van der Waals surface area contributed by atoms with Crippen molar-refractivity contribution in [1.82, 2.24) is 4.98 Å². The molecular formula is C14H13BrCl2N2O. The van der Waals surface area contributed by atoms with Crippen LogP contribution in [0.15, 0.2) is 34.8 Å². The van der Waals surface area contributed by atoms with Gasteiger partial charge < -0.3 is 10.1 Å². The van der Waals surface area contributed by atoms with Gasteiger partial charge in [-0.25, -0.2) is 0 Å². The zero-order valence-corrected chi connectivity index (χ0v) is 13.9. The van der Waals surface area contributed by atoms with E-state index < -0.39 is 0 Å².